The highest BCUT2D eigenvalue weighted by molar-refractivity contribution is 5.50. The largest absolute Gasteiger partial charge is 0.497 e. The molecule has 1 atom stereocenters. The van der Waals surface area contributed by atoms with E-state index in [4.69, 9.17) is 9.47 Å². The number of hydrogen-bond donors (Lipinski definition) is 1. The highest BCUT2D eigenvalue weighted by Gasteiger charge is 2.26. The van der Waals surface area contributed by atoms with Crippen LogP contribution in [0.1, 0.15) is 23.6 Å². The van der Waals surface area contributed by atoms with E-state index in [2.05, 4.69) is 59.5 Å². The van der Waals surface area contributed by atoms with Crippen LogP contribution in [0.5, 0.6) is 11.5 Å². The van der Waals surface area contributed by atoms with Crippen LogP contribution in [0.4, 0.5) is 5.69 Å². The zero-order valence-corrected chi connectivity index (χ0v) is 16.9. The van der Waals surface area contributed by atoms with Gasteiger partial charge in [0, 0.05) is 45.0 Å². The topological polar surface area (TPSA) is 37.0 Å². The SMILES string of the molecule is COc1ccc(OC)c(C(c2ccc(N(C)C)cc2)N2CCCNCC2)c1. The number of nitrogens with zero attached hydrogens (tertiary/aromatic N) is 2. The van der Waals surface area contributed by atoms with Gasteiger partial charge in [0.1, 0.15) is 11.5 Å². The summed E-state index contributed by atoms with van der Waals surface area (Å²) in [7, 11) is 7.58. The number of hydrogen-bond acceptors (Lipinski definition) is 5. The van der Waals surface area contributed by atoms with E-state index in [1.54, 1.807) is 14.2 Å². The van der Waals surface area contributed by atoms with Gasteiger partial charge in [-0.25, -0.2) is 0 Å². The average Bonchev–Trinajstić information content (AvgIpc) is 2.98. The first kappa shape index (κ1) is 19.5. The molecule has 5 heteroatoms. The molecule has 2 aromatic rings. The third-order valence-corrected chi connectivity index (χ3v) is 5.20. The highest BCUT2D eigenvalue weighted by atomic mass is 16.5. The molecule has 1 unspecified atom stereocenters. The molecule has 0 radical (unpaired) electrons. The monoisotopic (exact) mass is 369 g/mol. The fraction of sp³-hybridized carbons (Fsp3) is 0.455. The van der Waals surface area contributed by atoms with Gasteiger partial charge in [0.15, 0.2) is 0 Å². The van der Waals surface area contributed by atoms with Crippen LogP contribution in [-0.4, -0.2) is 59.4 Å². The van der Waals surface area contributed by atoms with Gasteiger partial charge >= 0.3 is 0 Å². The molecule has 0 aliphatic carbocycles. The molecule has 1 heterocycles. The second-order valence-electron chi connectivity index (χ2n) is 7.14. The Morgan fingerprint density at radius 2 is 1.74 bits per heavy atom. The number of nitrogens with one attached hydrogen (secondary N) is 1. The summed E-state index contributed by atoms with van der Waals surface area (Å²) in [6, 6.07) is 15.0. The molecule has 3 rings (SSSR count). The first-order valence-electron chi connectivity index (χ1n) is 9.58. The van der Waals surface area contributed by atoms with Crippen molar-refractivity contribution in [2.75, 3.05) is 59.4 Å². The summed E-state index contributed by atoms with van der Waals surface area (Å²) in [4.78, 5) is 4.67. The smallest absolute Gasteiger partial charge is 0.124 e. The summed E-state index contributed by atoms with van der Waals surface area (Å²) in [6.45, 7) is 4.12. The van der Waals surface area contributed by atoms with E-state index < -0.39 is 0 Å². The number of ether oxygens (including phenoxy) is 2. The Hall–Kier alpha value is -2.24. The lowest BCUT2D eigenvalue weighted by Gasteiger charge is -2.32. The van der Waals surface area contributed by atoms with Crippen molar-refractivity contribution in [3.05, 3.63) is 53.6 Å². The van der Waals surface area contributed by atoms with Gasteiger partial charge in [0.05, 0.1) is 20.3 Å². The zero-order chi connectivity index (χ0) is 19.2. The molecule has 1 saturated heterocycles. The molecular formula is C22H31N3O2. The van der Waals surface area contributed by atoms with Crippen LogP contribution in [0.2, 0.25) is 0 Å². The van der Waals surface area contributed by atoms with Gasteiger partial charge < -0.3 is 19.7 Å². The molecule has 0 spiro atoms. The van der Waals surface area contributed by atoms with E-state index in [9.17, 15) is 0 Å². The van der Waals surface area contributed by atoms with Crippen molar-refractivity contribution in [1.82, 2.24) is 10.2 Å². The van der Waals surface area contributed by atoms with Gasteiger partial charge in [-0.3, -0.25) is 4.90 Å². The molecule has 5 nitrogen and oxygen atoms in total. The third-order valence-electron chi connectivity index (χ3n) is 5.20. The molecule has 0 saturated carbocycles. The number of benzene rings is 2. The molecule has 27 heavy (non-hydrogen) atoms. The van der Waals surface area contributed by atoms with E-state index in [-0.39, 0.29) is 6.04 Å². The van der Waals surface area contributed by atoms with Gasteiger partial charge in [-0.15, -0.1) is 0 Å². The van der Waals surface area contributed by atoms with Crippen molar-refractivity contribution in [2.45, 2.75) is 12.5 Å². The van der Waals surface area contributed by atoms with Gasteiger partial charge in [0.2, 0.25) is 0 Å². The Kier molecular flexibility index (Phi) is 6.58. The maximum absolute atomic E-state index is 5.73. The average molecular weight is 370 g/mol. The van der Waals surface area contributed by atoms with E-state index in [1.165, 1.54) is 11.3 Å². The van der Waals surface area contributed by atoms with E-state index >= 15 is 0 Å². The molecule has 146 valence electrons. The predicted octanol–water partition coefficient (Wildman–Crippen LogP) is 3.15. The molecule has 2 aromatic carbocycles. The molecular weight excluding hydrogens is 338 g/mol. The molecule has 0 aromatic heterocycles. The summed E-state index contributed by atoms with van der Waals surface area (Å²) >= 11 is 0. The molecule has 1 aliphatic rings. The fourth-order valence-electron chi connectivity index (χ4n) is 3.72. The maximum atomic E-state index is 5.73. The van der Waals surface area contributed by atoms with Crippen LogP contribution in [-0.2, 0) is 0 Å². The van der Waals surface area contributed by atoms with Crippen molar-refractivity contribution in [3.63, 3.8) is 0 Å². The van der Waals surface area contributed by atoms with E-state index in [1.807, 2.05) is 12.1 Å². The fourth-order valence-corrected chi connectivity index (χ4v) is 3.72. The van der Waals surface area contributed by atoms with E-state index in [0.717, 1.165) is 49.7 Å². The summed E-state index contributed by atoms with van der Waals surface area (Å²) in [6.07, 6.45) is 1.14. The zero-order valence-electron chi connectivity index (χ0n) is 16.9. The van der Waals surface area contributed by atoms with Crippen molar-refractivity contribution in [2.24, 2.45) is 0 Å². The van der Waals surface area contributed by atoms with Gasteiger partial charge in [0.25, 0.3) is 0 Å². The van der Waals surface area contributed by atoms with Crippen molar-refractivity contribution >= 4 is 5.69 Å². The predicted molar refractivity (Wildman–Crippen MR) is 111 cm³/mol. The van der Waals surface area contributed by atoms with Crippen LogP contribution in [0.15, 0.2) is 42.5 Å². The van der Waals surface area contributed by atoms with Crippen LogP contribution >= 0.6 is 0 Å². The molecule has 1 N–H and O–H groups in total. The van der Waals surface area contributed by atoms with Gasteiger partial charge in [-0.2, -0.15) is 0 Å². The highest BCUT2D eigenvalue weighted by Crippen LogP contribution is 2.37. The molecule has 1 aliphatic heterocycles. The second kappa shape index (κ2) is 9.11. The first-order valence-corrected chi connectivity index (χ1v) is 9.58. The number of rotatable bonds is 6. The lowest BCUT2D eigenvalue weighted by molar-refractivity contribution is 0.235. The van der Waals surface area contributed by atoms with Crippen molar-refractivity contribution < 1.29 is 9.47 Å². The van der Waals surface area contributed by atoms with Crippen molar-refractivity contribution in [1.29, 1.82) is 0 Å². The molecule has 0 bridgehead atoms. The van der Waals surface area contributed by atoms with Crippen LogP contribution in [0.3, 0.4) is 0 Å². The van der Waals surface area contributed by atoms with Crippen LogP contribution in [0, 0.1) is 0 Å². The Labute approximate surface area is 162 Å². The lowest BCUT2D eigenvalue weighted by Crippen LogP contribution is -2.33. The Bertz CT molecular complexity index is 723. The summed E-state index contributed by atoms with van der Waals surface area (Å²) in [5.41, 5.74) is 3.62. The van der Waals surface area contributed by atoms with Crippen LogP contribution in [0.25, 0.3) is 0 Å². The number of anilines is 1. The number of methoxy groups -OCH3 is 2. The molecule has 1 fully saturated rings. The summed E-state index contributed by atoms with van der Waals surface area (Å²) in [5.74, 6) is 1.75. The van der Waals surface area contributed by atoms with Crippen molar-refractivity contribution in [3.8, 4) is 11.5 Å². The maximum Gasteiger partial charge on any atom is 0.124 e. The minimum absolute atomic E-state index is 0.131. The quantitative estimate of drug-likeness (QED) is 0.847. The lowest BCUT2D eigenvalue weighted by atomic mass is 9.95. The normalized spacial score (nSPS) is 16.4. The van der Waals surface area contributed by atoms with Gasteiger partial charge in [-0.1, -0.05) is 12.1 Å². The van der Waals surface area contributed by atoms with Gasteiger partial charge in [-0.05, 0) is 48.9 Å². The second-order valence-corrected chi connectivity index (χ2v) is 7.14. The minimum Gasteiger partial charge on any atom is -0.497 e. The summed E-state index contributed by atoms with van der Waals surface area (Å²) < 4.78 is 11.2. The summed E-state index contributed by atoms with van der Waals surface area (Å²) in [5, 5.41) is 3.51. The Morgan fingerprint density at radius 1 is 0.963 bits per heavy atom. The van der Waals surface area contributed by atoms with E-state index in [0.29, 0.717) is 0 Å². The van der Waals surface area contributed by atoms with Crippen LogP contribution < -0.4 is 19.7 Å². The third kappa shape index (κ3) is 4.54. The Balaban J connectivity index is 2.07. The Morgan fingerprint density at radius 3 is 2.41 bits per heavy atom. The standard InChI is InChI=1S/C22H31N3O2/c1-24(2)18-8-6-17(7-9-18)22(25-14-5-12-23-13-15-25)20-16-19(26-3)10-11-21(20)27-4/h6-11,16,22-23H,5,12-15H2,1-4H3. The first-order chi connectivity index (χ1) is 13.1. The minimum atomic E-state index is 0.131. The molecule has 0 amide bonds.